The summed E-state index contributed by atoms with van der Waals surface area (Å²) >= 11 is 0. The Balaban J connectivity index is 1.30. The molecule has 0 atom stereocenters. The Morgan fingerprint density at radius 1 is 1.05 bits per heavy atom. The molecule has 1 fully saturated rings. The molecular formula is C35H39N3O4. The lowest BCUT2D eigenvalue weighted by Gasteiger charge is -2.35. The number of amides is 1. The van der Waals surface area contributed by atoms with Crippen molar-refractivity contribution >= 4 is 28.7 Å². The number of phenols is 1. The third-order valence-corrected chi connectivity index (χ3v) is 8.20. The Morgan fingerprint density at radius 3 is 2.50 bits per heavy atom. The fraction of sp³-hybridized carbons (Fsp3) is 0.343. The topological polar surface area (TPSA) is 93.5 Å². The van der Waals surface area contributed by atoms with E-state index in [-0.39, 0.29) is 17.4 Å². The normalized spacial score (nSPS) is 14.8. The number of likely N-dealkylation sites (N-methyl/N-ethyl adjacent to an activating group) is 1. The maximum Gasteiger partial charge on any atom is 0.252 e. The molecule has 7 nitrogen and oxygen atoms in total. The van der Waals surface area contributed by atoms with Crippen molar-refractivity contribution in [2.45, 2.75) is 71.6 Å². The highest BCUT2D eigenvalue weighted by atomic mass is 16.5. The van der Waals surface area contributed by atoms with Crippen LogP contribution in [-0.4, -0.2) is 38.5 Å². The fourth-order valence-electron chi connectivity index (χ4n) is 5.85. The van der Waals surface area contributed by atoms with Gasteiger partial charge in [0.05, 0.1) is 17.9 Å². The Hall–Kier alpha value is -4.23. The zero-order chi connectivity index (χ0) is 29.7. The first-order valence-electron chi connectivity index (χ1n) is 14.8. The predicted molar refractivity (Wildman–Crippen MR) is 166 cm³/mol. The van der Waals surface area contributed by atoms with Gasteiger partial charge >= 0.3 is 0 Å². The summed E-state index contributed by atoms with van der Waals surface area (Å²) in [7, 11) is 0. The molecule has 0 radical (unpaired) electrons. The summed E-state index contributed by atoms with van der Waals surface area (Å²) in [5.74, 6) is 0.0507. The number of nitrogens with one attached hydrogen (secondary N) is 1. The summed E-state index contributed by atoms with van der Waals surface area (Å²) in [5, 5.41) is 13.9. The first-order valence-corrected chi connectivity index (χ1v) is 14.8. The number of nitrogens with zero attached hydrogens (tertiary/aromatic N) is 2. The Bertz CT molecular complexity index is 1590. The summed E-state index contributed by atoms with van der Waals surface area (Å²) < 4.78 is 8.32. The second kappa shape index (κ2) is 12.7. The van der Waals surface area contributed by atoms with E-state index >= 15 is 0 Å². The molecule has 0 aliphatic heterocycles. The summed E-state index contributed by atoms with van der Waals surface area (Å²) in [6, 6.07) is 16.7. The zero-order valence-electron chi connectivity index (χ0n) is 24.7. The molecule has 5 rings (SSSR count). The van der Waals surface area contributed by atoms with E-state index in [9.17, 15) is 14.7 Å². The molecule has 0 spiro atoms. The Kier molecular flexibility index (Phi) is 8.88. The van der Waals surface area contributed by atoms with Gasteiger partial charge in [-0.05, 0) is 63.4 Å². The van der Waals surface area contributed by atoms with Crippen molar-refractivity contribution in [1.29, 1.82) is 0 Å². The van der Waals surface area contributed by atoms with Crippen LogP contribution in [0.4, 0.5) is 0 Å². The SMILES string of the molecule is CCNC(=O)C1(OCc2ccc(/C=C/Cn3c(C)c(C(=O)c4ccc(C)cc4)c4cc(O)ccc43)cn2)CCCCC1. The number of benzene rings is 2. The van der Waals surface area contributed by atoms with Crippen LogP contribution in [0.25, 0.3) is 17.0 Å². The quantitative estimate of drug-likeness (QED) is 0.210. The number of ketones is 1. The standard InChI is InChI=1S/C35H39N3O4/c1-4-36-34(41)35(18-6-5-7-19-35)42-23-28-15-12-26(22-37-28)9-8-20-38-25(3)32(30-21-29(39)16-17-31(30)38)33(40)27-13-10-24(2)11-14-27/h8-17,21-22,39H,4-7,18-20,23H2,1-3H3,(H,36,41)/b9-8+. The number of carbonyl (C=O) groups is 2. The summed E-state index contributed by atoms with van der Waals surface area (Å²) in [5.41, 5.74) is 5.02. The number of pyridine rings is 1. The summed E-state index contributed by atoms with van der Waals surface area (Å²) in [6.45, 7) is 7.30. The molecule has 1 aliphatic rings. The number of allylic oxidation sites excluding steroid dienone is 1. The fourth-order valence-corrected chi connectivity index (χ4v) is 5.85. The first-order chi connectivity index (χ1) is 20.3. The van der Waals surface area contributed by atoms with Gasteiger partial charge in [-0.1, -0.05) is 67.3 Å². The van der Waals surface area contributed by atoms with Crippen molar-refractivity contribution in [3.05, 3.63) is 101 Å². The number of aromatic nitrogens is 2. The number of fused-ring (bicyclic) bond motifs is 1. The average molecular weight is 566 g/mol. The van der Waals surface area contributed by atoms with Gasteiger partial charge in [0.2, 0.25) is 0 Å². The molecule has 7 heteroatoms. The number of carbonyl (C=O) groups excluding carboxylic acids is 2. The van der Waals surface area contributed by atoms with E-state index in [1.165, 1.54) is 0 Å². The number of aromatic hydroxyl groups is 1. The monoisotopic (exact) mass is 565 g/mol. The molecule has 0 unspecified atom stereocenters. The van der Waals surface area contributed by atoms with E-state index in [2.05, 4.69) is 14.9 Å². The van der Waals surface area contributed by atoms with E-state index in [4.69, 9.17) is 4.74 Å². The average Bonchev–Trinajstić information content (AvgIpc) is 3.27. The highest BCUT2D eigenvalue weighted by Crippen LogP contribution is 2.33. The van der Waals surface area contributed by atoms with Crippen molar-refractivity contribution in [1.82, 2.24) is 14.9 Å². The van der Waals surface area contributed by atoms with Gasteiger partial charge in [0, 0.05) is 41.4 Å². The largest absolute Gasteiger partial charge is 0.508 e. The third-order valence-electron chi connectivity index (χ3n) is 8.20. The van der Waals surface area contributed by atoms with E-state index in [0.717, 1.165) is 65.5 Å². The minimum Gasteiger partial charge on any atom is -0.508 e. The van der Waals surface area contributed by atoms with Crippen LogP contribution in [0.15, 0.2) is 66.9 Å². The number of phenolic OH excluding ortho intramolecular Hbond substituents is 1. The van der Waals surface area contributed by atoms with E-state index in [0.29, 0.717) is 30.8 Å². The third kappa shape index (κ3) is 6.16. The van der Waals surface area contributed by atoms with E-state index in [1.54, 1.807) is 18.3 Å². The summed E-state index contributed by atoms with van der Waals surface area (Å²) in [6.07, 6.45) is 10.5. The van der Waals surface area contributed by atoms with Crippen LogP contribution in [-0.2, 0) is 22.7 Å². The maximum atomic E-state index is 13.5. The zero-order valence-corrected chi connectivity index (χ0v) is 24.7. The molecule has 1 saturated carbocycles. The van der Waals surface area contributed by atoms with Gasteiger partial charge in [0.1, 0.15) is 11.4 Å². The lowest BCUT2D eigenvalue weighted by Crippen LogP contribution is -2.50. The molecule has 42 heavy (non-hydrogen) atoms. The van der Waals surface area contributed by atoms with Gasteiger partial charge in [-0.15, -0.1) is 0 Å². The Morgan fingerprint density at radius 2 is 1.81 bits per heavy atom. The van der Waals surface area contributed by atoms with Crippen LogP contribution in [0.1, 0.15) is 77.5 Å². The number of ether oxygens (including phenoxy) is 1. The molecule has 4 aromatic rings. The molecule has 1 aliphatic carbocycles. The molecule has 2 aromatic heterocycles. The lowest BCUT2D eigenvalue weighted by atomic mass is 9.83. The first kappa shape index (κ1) is 29.3. The molecule has 218 valence electrons. The van der Waals surface area contributed by atoms with Crippen LogP contribution >= 0.6 is 0 Å². The van der Waals surface area contributed by atoms with Gasteiger partial charge in [-0.25, -0.2) is 0 Å². The van der Waals surface area contributed by atoms with Crippen molar-refractivity contribution in [3.63, 3.8) is 0 Å². The van der Waals surface area contributed by atoms with Crippen LogP contribution in [0.2, 0.25) is 0 Å². The second-order valence-corrected chi connectivity index (χ2v) is 11.2. The van der Waals surface area contributed by atoms with Gasteiger partial charge in [0.25, 0.3) is 5.91 Å². The van der Waals surface area contributed by atoms with Crippen molar-refractivity contribution in [2.75, 3.05) is 6.54 Å². The van der Waals surface area contributed by atoms with Crippen LogP contribution in [0, 0.1) is 13.8 Å². The molecule has 1 amide bonds. The smallest absolute Gasteiger partial charge is 0.252 e. The molecule has 0 saturated heterocycles. The minimum atomic E-state index is -0.762. The van der Waals surface area contributed by atoms with Crippen LogP contribution in [0.5, 0.6) is 5.75 Å². The van der Waals surface area contributed by atoms with Gasteiger partial charge in [-0.2, -0.15) is 0 Å². The van der Waals surface area contributed by atoms with Gasteiger partial charge in [-0.3, -0.25) is 14.6 Å². The lowest BCUT2D eigenvalue weighted by molar-refractivity contribution is -0.154. The molecule has 2 aromatic carbocycles. The maximum absolute atomic E-state index is 13.5. The van der Waals surface area contributed by atoms with E-state index < -0.39 is 5.60 Å². The number of hydrogen-bond donors (Lipinski definition) is 2. The molecular weight excluding hydrogens is 526 g/mol. The number of rotatable bonds is 10. The molecule has 2 N–H and O–H groups in total. The van der Waals surface area contributed by atoms with Crippen molar-refractivity contribution < 1.29 is 19.4 Å². The number of aryl methyl sites for hydroxylation is 1. The molecule has 0 bridgehead atoms. The minimum absolute atomic E-state index is 0.0176. The van der Waals surface area contributed by atoms with Gasteiger partial charge in [0.15, 0.2) is 5.78 Å². The van der Waals surface area contributed by atoms with Gasteiger partial charge < -0.3 is 19.7 Å². The highest BCUT2D eigenvalue weighted by Gasteiger charge is 2.40. The molecule has 2 heterocycles. The van der Waals surface area contributed by atoms with E-state index in [1.807, 2.05) is 75.4 Å². The highest BCUT2D eigenvalue weighted by molar-refractivity contribution is 6.17. The predicted octanol–water partition coefficient (Wildman–Crippen LogP) is 6.66. The second-order valence-electron chi connectivity index (χ2n) is 11.2. The number of hydrogen-bond acceptors (Lipinski definition) is 5. The summed E-state index contributed by atoms with van der Waals surface area (Å²) in [4.78, 5) is 30.9. The van der Waals surface area contributed by atoms with Crippen LogP contribution in [0.3, 0.4) is 0 Å². The van der Waals surface area contributed by atoms with Crippen LogP contribution < -0.4 is 5.32 Å². The van der Waals surface area contributed by atoms with Crippen molar-refractivity contribution in [3.8, 4) is 5.75 Å². The van der Waals surface area contributed by atoms with Crippen molar-refractivity contribution in [2.24, 2.45) is 0 Å². The Labute approximate surface area is 247 Å².